The first-order valence-electron chi connectivity index (χ1n) is 8.62. The van der Waals surface area contributed by atoms with E-state index in [0.717, 1.165) is 5.56 Å². The molecule has 0 spiro atoms. The zero-order chi connectivity index (χ0) is 20.3. The Morgan fingerprint density at radius 2 is 1.93 bits per heavy atom. The minimum Gasteiger partial charge on any atom is -0.418 e. The van der Waals surface area contributed by atoms with Gasteiger partial charge in [-0.1, -0.05) is 23.7 Å². The number of halogens is 1. The van der Waals surface area contributed by atoms with E-state index in [9.17, 15) is 5.11 Å². The van der Waals surface area contributed by atoms with Gasteiger partial charge in [0.2, 0.25) is 11.8 Å². The summed E-state index contributed by atoms with van der Waals surface area (Å²) in [6, 6.07) is 11.8. The lowest BCUT2D eigenvalue weighted by molar-refractivity contribution is 0.159. The Hall–Kier alpha value is -2.92. The summed E-state index contributed by atoms with van der Waals surface area (Å²) in [6.07, 6.45) is -0.834. The van der Waals surface area contributed by atoms with Gasteiger partial charge in [0, 0.05) is 11.3 Å². The second-order valence-corrected chi connectivity index (χ2v) is 6.75. The largest absolute Gasteiger partial charge is 0.418 e. The molecule has 0 saturated carbocycles. The minimum absolute atomic E-state index is 0.0457. The van der Waals surface area contributed by atoms with E-state index >= 15 is 0 Å². The van der Waals surface area contributed by atoms with Crippen molar-refractivity contribution in [2.24, 2.45) is 0 Å². The molecule has 2 aromatic carbocycles. The molecule has 0 bridgehead atoms. The van der Waals surface area contributed by atoms with Gasteiger partial charge in [-0.25, -0.2) is 0 Å². The van der Waals surface area contributed by atoms with E-state index in [1.165, 1.54) is 0 Å². The van der Waals surface area contributed by atoms with E-state index in [1.54, 1.807) is 50.2 Å². The third-order valence-electron chi connectivity index (χ3n) is 4.39. The van der Waals surface area contributed by atoms with Crippen molar-refractivity contribution in [3.63, 3.8) is 0 Å². The van der Waals surface area contributed by atoms with Crippen LogP contribution in [0.5, 0.6) is 0 Å². The van der Waals surface area contributed by atoms with E-state index in [1.807, 2.05) is 6.07 Å². The highest BCUT2D eigenvalue weighted by atomic mass is 35.5. The molecular formula is C20H19ClN4O3. The van der Waals surface area contributed by atoms with Gasteiger partial charge in [0.15, 0.2) is 0 Å². The van der Waals surface area contributed by atoms with Crippen molar-refractivity contribution in [3.8, 4) is 17.5 Å². The fourth-order valence-electron chi connectivity index (χ4n) is 2.71. The van der Waals surface area contributed by atoms with Crippen molar-refractivity contribution in [2.75, 3.05) is 5.32 Å². The van der Waals surface area contributed by atoms with Crippen molar-refractivity contribution in [3.05, 3.63) is 64.0 Å². The molecular weight excluding hydrogens is 380 g/mol. The molecule has 0 saturated heterocycles. The quantitative estimate of drug-likeness (QED) is 0.581. The molecule has 0 unspecified atom stereocenters. The number of aliphatic hydroxyl groups is 2. The van der Waals surface area contributed by atoms with Gasteiger partial charge in [-0.15, -0.1) is 10.2 Å². The highest BCUT2D eigenvalue weighted by Gasteiger charge is 2.25. The Morgan fingerprint density at radius 3 is 2.54 bits per heavy atom. The number of nitriles is 1. The lowest BCUT2D eigenvalue weighted by Crippen LogP contribution is -2.23. The third-order valence-corrected chi connectivity index (χ3v) is 4.88. The van der Waals surface area contributed by atoms with Crippen LogP contribution in [0, 0.1) is 18.3 Å². The van der Waals surface area contributed by atoms with Crippen LogP contribution in [-0.4, -0.2) is 26.5 Å². The average Bonchev–Trinajstić information content (AvgIpc) is 3.18. The Bertz CT molecular complexity index is 1010. The van der Waals surface area contributed by atoms with Crippen molar-refractivity contribution in [1.29, 1.82) is 5.26 Å². The Labute approximate surface area is 167 Å². The molecule has 3 N–H and O–H groups in total. The number of anilines is 1. The summed E-state index contributed by atoms with van der Waals surface area (Å²) in [4.78, 5) is 0. The highest BCUT2D eigenvalue weighted by Crippen LogP contribution is 2.31. The van der Waals surface area contributed by atoms with Crippen molar-refractivity contribution >= 4 is 17.3 Å². The summed E-state index contributed by atoms with van der Waals surface area (Å²) >= 11 is 6.22. The van der Waals surface area contributed by atoms with Crippen LogP contribution >= 0.6 is 11.6 Å². The van der Waals surface area contributed by atoms with E-state index in [-0.39, 0.29) is 12.5 Å². The smallest absolute Gasteiger partial charge is 0.247 e. The third kappa shape index (κ3) is 3.99. The number of hydrogen-bond donors (Lipinski definition) is 3. The molecule has 3 aromatic rings. The van der Waals surface area contributed by atoms with Crippen LogP contribution in [0.4, 0.5) is 5.69 Å². The number of nitrogens with one attached hydrogen (secondary N) is 1. The van der Waals surface area contributed by atoms with Crippen LogP contribution in [0.15, 0.2) is 40.8 Å². The molecule has 3 rings (SSSR count). The Morgan fingerprint density at radius 1 is 1.21 bits per heavy atom. The summed E-state index contributed by atoms with van der Waals surface area (Å²) in [6.45, 7) is 3.35. The van der Waals surface area contributed by atoms with E-state index in [2.05, 4.69) is 15.5 Å². The molecule has 0 fully saturated rings. The Kier molecular flexibility index (Phi) is 5.95. The van der Waals surface area contributed by atoms with Crippen molar-refractivity contribution in [1.82, 2.24) is 10.2 Å². The molecule has 0 aliphatic heterocycles. The predicted octanol–water partition coefficient (Wildman–Crippen LogP) is 3.60. The van der Waals surface area contributed by atoms with E-state index in [0.29, 0.717) is 33.3 Å². The molecule has 0 amide bonds. The van der Waals surface area contributed by atoms with Gasteiger partial charge >= 0.3 is 0 Å². The van der Waals surface area contributed by atoms with E-state index < -0.39 is 12.1 Å². The van der Waals surface area contributed by atoms with Gasteiger partial charge in [0.1, 0.15) is 12.1 Å². The highest BCUT2D eigenvalue weighted by molar-refractivity contribution is 6.32. The molecule has 0 aliphatic carbocycles. The normalized spacial score (nSPS) is 13.0. The number of aromatic nitrogens is 2. The van der Waals surface area contributed by atoms with Crippen LogP contribution in [0.1, 0.15) is 35.5 Å². The van der Waals surface area contributed by atoms with Gasteiger partial charge < -0.3 is 19.9 Å². The maximum atomic E-state index is 10.2. The summed E-state index contributed by atoms with van der Waals surface area (Å²) in [5.74, 6) is 0.526. The van der Waals surface area contributed by atoms with Crippen LogP contribution in [-0.2, 0) is 6.61 Å². The summed E-state index contributed by atoms with van der Waals surface area (Å²) in [5, 5.41) is 40.1. The lowest BCUT2D eigenvalue weighted by Gasteiger charge is -2.21. The van der Waals surface area contributed by atoms with Gasteiger partial charge in [-0.3, -0.25) is 0 Å². The molecule has 0 aliphatic rings. The number of benzene rings is 2. The lowest BCUT2D eigenvalue weighted by atomic mass is 10.1. The summed E-state index contributed by atoms with van der Waals surface area (Å²) < 4.78 is 5.76. The zero-order valence-corrected chi connectivity index (χ0v) is 16.1. The first-order valence-corrected chi connectivity index (χ1v) is 8.99. The second-order valence-electron chi connectivity index (χ2n) is 6.37. The standard InChI is InChI=1S/C20H19ClN4O3/c1-11-16(8-7-15(9-22)17(11)21)23-18(12(2)27)20-25-24-19(28-20)14-5-3-13(10-26)4-6-14/h3-8,12,18,23,26-27H,10H2,1-2H3/t12-,18+/m0/s1. The van der Waals surface area contributed by atoms with Gasteiger partial charge in [-0.2, -0.15) is 5.26 Å². The predicted molar refractivity (Wildman–Crippen MR) is 105 cm³/mol. The van der Waals surface area contributed by atoms with Crippen LogP contribution in [0.3, 0.4) is 0 Å². The monoisotopic (exact) mass is 398 g/mol. The molecule has 7 nitrogen and oxygen atoms in total. The summed E-state index contributed by atoms with van der Waals surface area (Å²) in [5.41, 5.74) is 3.20. The molecule has 144 valence electrons. The van der Waals surface area contributed by atoms with Crippen molar-refractivity contribution < 1.29 is 14.6 Å². The Balaban J connectivity index is 1.88. The van der Waals surface area contributed by atoms with Crippen LogP contribution in [0.2, 0.25) is 5.02 Å². The first-order chi connectivity index (χ1) is 13.4. The fourth-order valence-corrected chi connectivity index (χ4v) is 2.92. The maximum absolute atomic E-state index is 10.2. The SMILES string of the molecule is Cc1c(N[C@@H](c2nnc(-c3ccc(CO)cc3)o2)[C@H](C)O)ccc(C#N)c1Cl. The zero-order valence-electron chi connectivity index (χ0n) is 15.3. The van der Waals surface area contributed by atoms with E-state index in [4.69, 9.17) is 26.4 Å². The van der Waals surface area contributed by atoms with Gasteiger partial charge in [0.25, 0.3) is 0 Å². The molecule has 2 atom stereocenters. The first kappa shape index (κ1) is 19.8. The number of hydrogen-bond acceptors (Lipinski definition) is 7. The second kappa shape index (κ2) is 8.40. The van der Waals surface area contributed by atoms with Gasteiger partial charge in [-0.05, 0) is 49.2 Å². The van der Waals surface area contributed by atoms with Gasteiger partial charge in [0.05, 0.1) is 23.3 Å². The topological polar surface area (TPSA) is 115 Å². The fraction of sp³-hybridized carbons (Fsp3) is 0.250. The van der Waals surface area contributed by atoms with Crippen molar-refractivity contribution in [2.45, 2.75) is 32.6 Å². The molecule has 1 aromatic heterocycles. The summed E-state index contributed by atoms with van der Waals surface area (Å²) in [7, 11) is 0. The van der Waals surface area contributed by atoms with Crippen LogP contribution in [0.25, 0.3) is 11.5 Å². The number of aliphatic hydroxyl groups excluding tert-OH is 2. The number of nitrogens with zero attached hydrogens (tertiary/aromatic N) is 3. The molecule has 8 heteroatoms. The van der Waals surface area contributed by atoms with Crippen LogP contribution < -0.4 is 5.32 Å². The molecule has 28 heavy (non-hydrogen) atoms. The molecule has 1 heterocycles. The minimum atomic E-state index is -0.834. The average molecular weight is 399 g/mol. The maximum Gasteiger partial charge on any atom is 0.247 e. The number of rotatable bonds is 6. The molecule has 0 radical (unpaired) electrons.